The summed E-state index contributed by atoms with van der Waals surface area (Å²) in [5.74, 6) is 1.92. The minimum atomic E-state index is -0.348. The molecule has 4 N–H and O–H groups in total. The molecule has 3 unspecified atom stereocenters. The van der Waals surface area contributed by atoms with Gasteiger partial charge in [-0.2, -0.15) is 0 Å². The lowest BCUT2D eigenvalue weighted by Gasteiger charge is -2.46. The van der Waals surface area contributed by atoms with Gasteiger partial charge in [-0.1, -0.05) is 23.8 Å². The largest absolute Gasteiger partial charge is 0.340 e. The minimum Gasteiger partial charge on any atom is -0.340 e. The summed E-state index contributed by atoms with van der Waals surface area (Å²) in [7, 11) is 3.75. The van der Waals surface area contributed by atoms with E-state index in [1.807, 2.05) is 14.1 Å². The number of nitrogens with zero attached hydrogens (tertiary/aromatic N) is 1. The molecule has 0 aromatic carbocycles. The molecule has 5 heteroatoms. The zero-order valence-electron chi connectivity index (χ0n) is 17.4. The Morgan fingerprint density at radius 2 is 2.00 bits per heavy atom. The number of fused-ring (bicyclic) bond motifs is 1. The smallest absolute Gasteiger partial charge is 0.228 e. The van der Waals surface area contributed by atoms with Gasteiger partial charge in [0.25, 0.3) is 0 Å². The number of rotatable bonds is 4. The van der Waals surface area contributed by atoms with Crippen LogP contribution in [-0.4, -0.2) is 56.6 Å². The molecule has 1 amide bonds. The third-order valence-electron chi connectivity index (χ3n) is 6.42. The summed E-state index contributed by atoms with van der Waals surface area (Å²) in [4.78, 5) is 15.2. The Bertz CT molecular complexity index is 584. The molecule has 0 radical (unpaired) electrons. The Kier molecular flexibility index (Phi) is 6.44. The van der Waals surface area contributed by atoms with E-state index < -0.39 is 0 Å². The third kappa shape index (κ3) is 5.01. The Balaban J connectivity index is 0.000000659. The number of carbonyl (C=O) groups is 1. The number of piperidine rings is 2. The zero-order valence-corrected chi connectivity index (χ0v) is 17.4. The van der Waals surface area contributed by atoms with Crippen LogP contribution in [0.25, 0.3) is 0 Å². The van der Waals surface area contributed by atoms with Crippen LogP contribution in [0.3, 0.4) is 0 Å². The highest BCUT2D eigenvalue weighted by Gasteiger charge is 2.45. The SMILES string of the molecule is CC(N)(CC1=CC2CC2C=C1)CN1CCCC2(CCNCC2)C1=O.CNC. The van der Waals surface area contributed by atoms with E-state index in [-0.39, 0.29) is 11.0 Å². The summed E-state index contributed by atoms with van der Waals surface area (Å²) in [6.07, 6.45) is 13.3. The van der Waals surface area contributed by atoms with Crippen LogP contribution in [0.1, 0.15) is 45.4 Å². The van der Waals surface area contributed by atoms with E-state index >= 15 is 0 Å². The van der Waals surface area contributed by atoms with Crippen molar-refractivity contribution in [1.82, 2.24) is 15.5 Å². The van der Waals surface area contributed by atoms with Gasteiger partial charge >= 0.3 is 0 Å². The van der Waals surface area contributed by atoms with Crippen LogP contribution in [0.4, 0.5) is 0 Å². The third-order valence-corrected chi connectivity index (χ3v) is 6.42. The van der Waals surface area contributed by atoms with E-state index in [9.17, 15) is 4.79 Å². The van der Waals surface area contributed by atoms with E-state index in [1.165, 1.54) is 12.0 Å². The lowest BCUT2D eigenvalue weighted by Crippen LogP contribution is -2.58. The fraction of sp³-hybridized carbons (Fsp3) is 0.773. The molecule has 1 spiro atoms. The van der Waals surface area contributed by atoms with E-state index in [1.54, 1.807) is 0 Å². The van der Waals surface area contributed by atoms with Crippen molar-refractivity contribution in [3.8, 4) is 0 Å². The maximum absolute atomic E-state index is 13.1. The van der Waals surface area contributed by atoms with Gasteiger partial charge in [-0.05, 0) is 84.5 Å². The van der Waals surface area contributed by atoms with E-state index in [2.05, 4.69) is 40.7 Å². The van der Waals surface area contributed by atoms with Crippen LogP contribution >= 0.6 is 0 Å². The van der Waals surface area contributed by atoms with Crippen molar-refractivity contribution in [1.29, 1.82) is 0 Å². The number of hydrogen-bond donors (Lipinski definition) is 3. The first-order chi connectivity index (χ1) is 12.9. The van der Waals surface area contributed by atoms with Crippen LogP contribution in [0.15, 0.2) is 23.8 Å². The molecule has 2 aliphatic carbocycles. The molecule has 0 aromatic heterocycles. The Morgan fingerprint density at radius 3 is 2.67 bits per heavy atom. The maximum Gasteiger partial charge on any atom is 0.228 e. The van der Waals surface area contributed by atoms with E-state index in [0.29, 0.717) is 12.5 Å². The molecule has 0 aromatic rings. The van der Waals surface area contributed by atoms with Crippen molar-refractivity contribution < 1.29 is 4.79 Å². The molecular weight excluding hydrogens is 336 g/mol. The highest BCUT2D eigenvalue weighted by atomic mass is 16.2. The Hall–Kier alpha value is -1.17. The first-order valence-electron chi connectivity index (χ1n) is 10.7. The topological polar surface area (TPSA) is 70.4 Å². The first-order valence-corrected chi connectivity index (χ1v) is 10.7. The standard InChI is InChI=1S/C20H31N3O.C2H7N/c1-19(21,13-15-3-4-16-12-17(16)11-15)14-23-10-2-5-20(18(23)24)6-8-22-9-7-20;1-3-2/h3-4,11,16-17,22H,2,5-10,12-14,21H2,1H3;3H,1-2H3. The van der Waals surface area contributed by atoms with Crippen molar-refractivity contribution in [2.75, 3.05) is 40.3 Å². The van der Waals surface area contributed by atoms with Crippen molar-refractivity contribution >= 4 is 5.91 Å². The van der Waals surface area contributed by atoms with Gasteiger partial charge in [0.2, 0.25) is 5.91 Å². The van der Waals surface area contributed by atoms with Crippen LogP contribution in [0.5, 0.6) is 0 Å². The van der Waals surface area contributed by atoms with Gasteiger partial charge in [-0.25, -0.2) is 0 Å². The Labute approximate surface area is 164 Å². The molecule has 3 fully saturated rings. The number of nitrogens with one attached hydrogen (secondary N) is 2. The lowest BCUT2D eigenvalue weighted by molar-refractivity contribution is -0.149. The second-order valence-electron chi connectivity index (χ2n) is 9.36. The number of amides is 1. The minimum absolute atomic E-state index is 0.106. The predicted molar refractivity (Wildman–Crippen MR) is 111 cm³/mol. The van der Waals surface area contributed by atoms with Gasteiger partial charge < -0.3 is 21.3 Å². The predicted octanol–water partition coefficient (Wildman–Crippen LogP) is 2.05. The number of carbonyl (C=O) groups excluding carboxylic acids is 1. The maximum atomic E-state index is 13.1. The van der Waals surface area contributed by atoms with Crippen LogP contribution in [-0.2, 0) is 4.79 Å². The van der Waals surface area contributed by atoms with Crippen molar-refractivity contribution in [2.24, 2.45) is 23.0 Å². The average molecular weight is 375 g/mol. The molecule has 152 valence electrons. The first kappa shape index (κ1) is 20.6. The summed E-state index contributed by atoms with van der Waals surface area (Å²) in [5, 5.41) is 6.14. The van der Waals surface area contributed by atoms with Gasteiger partial charge in [0.1, 0.15) is 0 Å². The Morgan fingerprint density at radius 1 is 1.30 bits per heavy atom. The quantitative estimate of drug-likeness (QED) is 0.704. The van der Waals surface area contributed by atoms with Crippen LogP contribution in [0, 0.1) is 17.3 Å². The summed E-state index contributed by atoms with van der Waals surface area (Å²) in [5.41, 5.74) is 7.54. The van der Waals surface area contributed by atoms with Crippen molar-refractivity contribution in [3.63, 3.8) is 0 Å². The summed E-state index contributed by atoms with van der Waals surface area (Å²) in [6.45, 7) is 5.61. The molecule has 27 heavy (non-hydrogen) atoms. The van der Waals surface area contributed by atoms with Crippen molar-refractivity contribution in [2.45, 2.75) is 51.0 Å². The molecule has 2 saturated heterocycles. The van der Waals surface area contributed by atoms with Gasteiger partial charge in [0.15, 0.2) is 0 Å². The highest BCUT2D eigenvalue weighted by molar-refractivity contribution is 5.83. The zero-order chi connectivity index (χ0) is 19.5. The van der Waals surface area contributed by atoms with Crippen LogP contribution < -0.4 is 16.4 Å². The monoisotopic (exact) mass is 374 g/mol. The summed E-state index contributed by atoms with van der Waals surface area (Å²) in [6, 6.07) is 0. The molecule has 3 atom stereocenters. The average Bonchev–Trinajstić information content (AvgIpc) is 3.39. The second-order valence-corrected chi connectivity index (χ2v) is 9.36. The number of likely N-dealkylation sites (tertiary alicyclic amines) is 1. The van der Waals surface area contributed by atoms with Crippen LogP contribution in [0.2, 0.25) is 0 Å². The fourth-order valence-electron chi connectivity index (χ4n) is 4.97. The van der Waals surface area contributed by atoms with Gasteiger partial charge in [-0.15, -0.1) is 0 Å². The normalized spacial score (nSPS) is 30.7. The molecule has 2 aliphatic heterocycles. The molecular formula is C22H38N4O. The second kappa shape index (κ2) is 8.46. The van der Waals surface area contributed by atoms with Gasteiger partial charge in [0.05, 0.1) is 5.41 Å². The molecule has 2 heterocycles. The molecule has 1 saturated carbocycles. The molecule has 4 aliphatic rings. The van der Waals surface area contributed by atoms with Gasteiger partial charge in [-0.3, -0.25) is 4.79 Å². The molecule has 5 nitrogen and oxygen atoms in total. The fourth-order valence-corrected chi connectivity index (χ4v) is 4.97. The summed E-state index contributed by atoms with van der Waals surface area (Å²) < 4.78 is 0. The lowest BCUT2D eigenvalue weighted by atomic mass is 9.72. The summed E-state index contributed by atoms with van der Waals surface area (Å²) >= 11 is 0. The number of allylic oxidation sites excluding steroid dienone is 3. The van der Waals surface area contributed by atoms with Gasteiger partial charge in [0, 0.05) is 18.6 Å². The number of nitrogens with two attached hydrogens (primary N) is 1. The van der Waals surface area contributed by atoms with E-state index in [0.717, 1.165) is 63.6 Å². The van der Waals surface area contributed by atoms with Crippen molar-refractivity contribution in [3.05, 3.63) is 23.8 Å². The highest BCUT2D eigenvalue weighted by Crippen LogP contribution is 2.45. The van der Waals surface area contributed by atoms with E-state index in [4.69, 9.17) is 5.73 Å². The molecule has 0 bridgehead atoms. The molecule has 4 rings (SSSR count). The number of hydrogen-bond acceptors (Lipinski definition) is 4.